The van der Waals surface area contributed by atoms with Crippen molar-refractivity contribution in [3.63, 3.8) is 0 Å². The number of aryl methyl sites for hydroxylation is 1. The van der Waals surface area contributed by atoms with E-state index in [1.54, 1.807) is 27.7 Å². The third kappa shape index (κ3) is 32.0. The van der Waals surface area contributed by atoms with Gasteiger partial charge in [-0.2, -0.15) is 0 Å². The van der Waals surface area contributed by atoms with Gasteiger partial charge in [-0.25, -0.2) is 0 Å². The molecule has 0 fully saturated rings. The minimum atomic E-state index is -0.417. The van der Waals surface area contributed by atoms with Crippen molar-refractivity contribution in [3.05, 3.63) is 41.8 Å². The maximum absolute atomic E-state index is 9.53. The Morgan fingerprint density at radius 3 is 1.42 bits per heavy atom. The van der Waals surface area contributed by atoms with Gasteiger partial charge in [0.2, 0.25) is 0 Å². The van der Waals surface area contributed by atoms with Gasteiger partial charge in [0.05, 0.1) is 0 Å². The smallest absolute Gasteiger partial charge is 1.00 e. The molecule has 1 aromatic carbocycles. The first kappa shape index (κ1) is 27.3. The summed E-state index contributed by atoms with van der Waals surface area (Å²) in [7, 11) is 0. The minimum Gasteiger partial charge on any atom is -1.00 e. The van der Waals surface area contributed by atoms with Crippen molar-refractivity contribution in [2.45, 2.75) is 46.8 Å². The van der Waals surface area contributed by atoms with Crippen LogP contribution in [0.15, 0.2) is 24.3 Å². The van der Waals surface area contributed by atoms with E-state index in [-0.39, 0.29) is 38.7 Å². The van der Waals surface area contributed by atoms with E-state index >= 15 is 0 Å². The average molecular weight is 361 g/mol. The Morgan fingerprint density at radius 2 is 1.21 bits per heavy atom. The molecule has 0 amide bonds. The van der Waals surface area contributed by atoms with Crippen LogP contribution in [0.25, 0.3) is 0 Å². The van der Waals surface area contributed by atoms with Crippen molar-refractivity contribution in [2.24, 2.45) is 0 Å². The summed E-state index contributed by atoms with van der Waals surface area (Å²) < 4.78 is 0. The minimum absolute atomic E-state index is 0. The molecule has 0 saturated heterocycles. The molecule has 0 unspecified atom stereocenters. The van der Waals surface area contributed by atoms with Crippen molar-refractivity contribution in [1.82, 2.24) is 0 Å². The number of rotatable bonds is 0. The van der Waals surface area contributed by atoms with Gasteiger partial charge in [-0.3, -0.25) is 0 Å². The zero-order valence-corrected chi connectivity index (χ0v) is 15.3. The van der Waals surface area contributed by atoms with Gasteiger partial charge in [0.15, 0.2) is 0 Å². The average Bonchev–Trinajstić information content (AvgIpc) is 2.17. The molecule has 0 atom stereocenters. The Balaban J connectivity index is -0.0000000975. The summed E-state index contributed by atoms with van der Waals surface area (Å²) in [5.41, 5.74) is 2.05. The third-order valence-corrected chi connectivity index (χ3v) is 1.20. The van der Waals surface area contributed by atoms with E-state index in [4.69, 9.17) is 6.42 Å². The quantitative estimate of drug-likeness (QED) is 0.415. The summed E-state index contributed by atoms with van der Waals surface area (Å²) >= 11 is 0. The van der Waals surface area contributed by atoms with E-state index in [1.165, 1.54) is 5.56 Å². The van der Waals surface area contributed by atoms with Crippen LogP contribution in [-0.4, -0.2) is 12.2 Å². The van der Waals surface area contributed by atoms with Crippen LogP contribution in [0, 0.1) is 19.3 Å². The zero-order chi connectivity index (χ0) is 13.8. The van der Waals surface area contributed by atoms with Crippen molar-refractivity contribution in [2.75, 3.05) is 0 Å². The van der Waals surface area contributed by atoms with E-state index in [0.29, 0.717) is 0 Å². The molecule has 1 aromatic rings. The Hall–Kier alpha value is -0.106. The molecule has 2 nitrogen and oxygen atoms in total. The summed E-state index contributed by atoms with van der Waals surface area (Å²) in [5, 5.41) is 19.1. The fourth-order valence-corrected chi connectivity index (χ4v) is 0.637. The van der Waals surface area contributed by atoms with Gasteiger partial charge in [-0.1, -0.05) is 51.3 Å². The SMILES string of the molecule is CC(C)[O-].CC(C)[O-].[Br-].[C]#Cc1ccc(C)cc1.[Ti+3]. The molecule has 0 bridgehead atoms. The molecule has 0 spiro atoms. The summed E-state index contributed by atoms with van der Waals surface area (Å²) in [5.74, 6) is 2.30. The second-order valence-electron chi connectivity index (χ2n) is 4.09. The summed E-state index contributed by atoms with van der Waals surface area (Å²) in [4.78, 5) is 0. The number of hydrogen-bond donors (Lipinski definition) is 0. The molecular weight excluding hydrogens is 340 g/mol. The molecule has 0 N–H and O–H groups in total. The summed E-state index contributed by atoms with van der Waals surface area (Å²) in [6.07, 6.45) is 5.93. The largest absolute Gasteiger partial charge is 3.00 e. The van der Waals surface area contributed by atoms with Crippen molar-refractivity contribution in [1.29, 1.82) is 0 Å². The molecule has 0 aliphatic heterocycles. The zero-order valence-electron chi connectivity index (χ0n) is 12.2. The van der Waals surface area contributed by atoms with Crippen LogP contribution in [0.2, 0.25) is 0 Å². The van der Waals surface area contributed by atoms with Crippen LogP contribution in [0.3, 0.4) is 0 Å². The molecule has 0 saturated carbocycles. The maximum Gasteiger partial charge on any atom is 3.00 e. The molecule has 104 valence electrons. The van der Waals surface area contributed by atoms with Gasteiger partial charge in [0.1, 0.15) is 0 Å². The normalized spacial score (nSPS) is 7.79. The molecule has 0 heterocycles. The van der Waals surface area contributed by atoms with Crippen molar-refractivity contribution < 1.29 is 48.9 Å². The van der Waals surface area contributed by atoms with E-state index in [9.17, 15) is 10.2 Å². The number of benzene rings is 1. The van der Waals surface area contributed by atoms with E-state index < -0.39 is 12.2 Å². The Labute approximate surface area is 143 Å². The molecule has 19 heavy (non-hydrogen) atoms. The molecule has 0 aromatic heterocycles. The Bertz CT molecular complexity index is 304. The Morgan fingerprint density at radius 1 is 0.947 bits per heavy atom. The molecule has 0 aliphatic carbocycles. The molecule has 0 aliphatic rings. The molecule has 2 radical (unpaired) electrons. The van der Waals surface area contributed by atoms with Crippen LogP contribution < -0.4 is 27.2 Å². The van der Waals surface area contributed by atoms with Crippen molar-refractivity contribution >= 4 is 0 Å². The predicted molar refractivity (Wildman–Crippen MR) is 67.7 cm³/mol. The first-order valence-corrected chi connectivity index (χ1v) is 5.60. The van der Waals surface area contributed by atoms with E-state index in [2.05, 4.69) is 5.92 Å². The monoisotopic (exact) mass is 360 g/mol. The van der Waals surface area contributed by atoms with E-state index in [1.807, 2.05) is 31.2 Å². The van der Waals surface area contributed by atoms with Crippen molar-refractivity contribution in [3.8, 4) is 5.92 Å². The van der Waals surface area contributed by atoms with Gasteiger partial charge in [-0.05, 0) is 25.5 Å². The fraction of sp³-hybridized carbons (Fsp3) is 0.467. The predicted octanol–water partition coefficient (Wildman–Crippen LogP) is -1.56. The molecule has 1 rings (SSSR count). The van der Waals surface area contributed by atoms with Crippen LogP contribution >= 0.6 is 0 Å². The van der Waals surface area contributed by atoms with Gasteiger partial charge in [0, 0.05) is 5.56 Å². The topological polar surface area (TPSA) is 46.1 Å². The van der Waals surface area contributed by atoms with Gasteiger partial charge in [-0.15, -0.1) is 12.2 Å². The molecule has 4 heteroatoms. The van der Waals surface area contributed by atoms with Gasteiger partial charge >= 0.3 is 21.7 Å². The number of hydrogen-bond acceptors (Lipinski definition) is 2. The maximum atomic E-state index is 9.53. The summed E-state index contributed by atoms with van der Waals surface area (Å²) in [6, 6.07) is 7.69. The van der Waals surface area contributed by atoms with Gasteiger partial charge in [0.25, 0.3) is 0 Å². The van der Waals surface area contributed by atoms with E-state index in [0.717, 1.165) is 5.56 Å². The second-order valence-corrected chi connectivity index (χ2v) is 4.09. The van der Waals surface area contributed by atoms with Crippen LogP contribution in [0.1, 0.15) is 38.8 Å². The first-order valence-electron chi connectivity index (χ1n) is 5.60. The summed E-state index contributed by atoms with van der Waals surface area (Å²) in [6.45, 7) is 8.47. The fourth-order valence-electron chi connectivity index (χ4n) is 0.637. The standard InChI is InChI=1S/C9H7.2C3H7O.BrH.Ti/c1-3-9-6-4-8(2)5-7-9;2*1-3(2)4;;/h4-7H,2H3;2*3H,1-2H3;1H;/q;2*-1;;+3/p-1. The van der Waals surface area contributed by atoms with Crippen LogP contribution in [0.5, 0.6) is 0 Å². The van der Waals surface area contributed by atoms with Crippen LogP contribution in [-0.2, 0) is 21.7 Å². The third-order valence-electron chi connectivity index (χ3n) is 1.20. The first-order chi connectivity index (χ1) is 7.79. The second kappa shape index (κ2) is 17.9. The Kier molecular flexibility index (Phi) is 25.7. The van der Waals surface area contributed by atoms with Crippen LogP contribution in [0.4, 0.5) is 0 Å². The number of halogens is 1. The van der Waals surface area contributed by atoms with Gasteiger partial charge < -0.3 is 27.2 Å². The molecular formula is C15H21BrO2Ti.